The first kappa shape index (κ1) is 8.84. The van der Waals surface area contributed by atoms with Crippen LogP contribution < -0.4 is 5.73 Å². The molecule has 0 bridgehead atoms. The van der Waals surface area contributed by atoms with Crippen molar-refractivity contribution in [3.05, 3.63) is 48.3 Å². The van der Waals surface area contributed by atoms with Crippen molar-refractivity contribution in [2.45, 2.75) is 6.54 Å². The lowest BCUT2D eigenvalue weighted by molar-refractivity contribution is 0.468. The molecule has 0 fully saturated rings. The Morgan fingerprint density at radius 3 is 2.57 bits per heavy atom. The van der Waals surface area contributed by atoms with E-state index in [1.807, 2.05) is 41.2 Å². The fourth-order valence-electron chi connectivity index (χ4n) is 1.40. The summed E-state index contributed by atoms with van der Waals surface area (Å²) in [5.41, 5.74) is 7.27. The molecule has 0 saturated heterocycles. The number of phenols is 1. The Labute approximate surface area is 82.4 Å². The van der Waals surface area contributed by atoms with Crippen molar-refractivity contribution in [3.63, 3.8) is 0 Å². The Morgan fingerprint density at radius 2 is 1.93 bits per heavy atom. The third-order valence-corrected chi connectivity index (χ3v) is 2.19. The van der Waals surface area contributed by atoms with E-state index < -0.39 is 0 Å². The lowest BCUT2D eigenvalue weighted by Crippen LogP contribution is -1.98. The second-order valence-corrected chi connectivity index (χ2v) is 3.11. The highest BCUT2D eigenvalue weighted by molar-refractivity contribution is 5.43. The molecule has 2 rings (SSSR count). The maximum atomic E-state index is 9.44. The summed E-state index contributed by atoms with van der Waals surface area (Å²) in [7, 11) is 0. The Hall–Kier alpha value is -1.74. The van der Waals surface area contributed by atoms with Crippen LogP contribution in [-0.4, -0.2) is 9.67 Å². The molecule has 3 nitrogen and oxygen atoms in total. The van der Waals surface area contributed by atoms with Crippen molar-refractivity contribution >= 4 is 0 Å². The molecule has 3 N–H and O–H groups in total. The lowest BCUT2D eigenvalue weighted by Gasteiger charge is -2.06. The van der Waals surface area contributed by atoms with Crippen LogP contribution in [0.25, 0.3) is 5.69 Å². The number of hydrogen-bond acceptors (Lipinski definition) is 2. The Kier molecular flexibility index (Phi) is 2.24. The predicted molar refractivity (Wildman–Crippen MR) is 55.3 cm³/mol. The Balaban J connectivity index is 2.46. The molecule has 1 aromatic carbocycles. The first-order valence-corrected chi connectivity index (χ1v) is 4.46. The molecule has 0 aliphatic carbocycles. The summed E-state index contributed by atoms with van der Waals surface area (Å²) in [5.74, 6) is 0.253. The standard InChI is InChI=1S/C11H12N2O/c12-8-9-7-10(3-4-11(9)14)13-5-1-2-6-13/h1-7,14H,8,12H2. The van der Waals surface area contributed by atoms with Crippen LogP contribution in [0.1, 0.15) is 5.56 Å². The van der Waals surface area contributed by atoms with Crippen molar-refractivity contribution in [3.8, 4) is 11.4 Å². The monoisotopic (exact) mass is 188 g/mol. The van der Waals surface area contributed by atoms with Gasteiger partial charge in [0.25, 0.3) is 0 Å². The van der Waals surface area contributed by atoms with Gasteiger partial charge in [0.15, 0.2) is 0 Å². The topological polar surface area (TPSA) is 51.2 Å². The van der Waals surface area contributed by atoms with Gasteiger partial charge in [0.05, 0.1) is 0 Å². The molecule has 0 amide bonds. The number of benzene rings is 1. The zero-order valence-electron chi connectivity index (χ0n) is 7.72. The maximum absolute atomic E-state index is 9.44. The third-order valence-electron chi connectivity index (χ3n) is 2.19. The highest BCUT2D eigenvalue weighted by Gasteiger charge is 2.01. The zero-order chi connectivity index (χ0) is 9.97. The Bertz CT molecular complexity index is 421. The number of nitrogens with zero attached hydrogens (tertiary/aromatic N) is 1. The normalized spacial score (nSPS) is 10.4. The van der Waals surface area contributed by atoms with Crippen LogP contribution in [0.15, 0.2) is 42.7 Å². The zero-order valence-corrected chi connectivity index (χ0v) is 7.72. The van der Waals surface area contributed by atoms with Crippen molar-refractivity contribution in [2.75, 3.05) is 0 Å². The fourth-order valence-corrected chi connectivity index (χ4v) is 1.40. The highest BCUT2D eigenvalue weighted by Crippen LogP contribution is 2.20. The largest absolute Gasteiger partial charge is 0.508 e. The molecule has 0 atom stereocenters. The second kappa shape index (κ2) is 3.55. The van der Waals surface area contributed by atoms with Crippen LogP contribution in [0.3, 0.4) is 0 Å². The SMILES string of the molecule is NCc1cc(-n2cccc2)ccc1O. The summed E-state index contributed by atoms with van der Waals surface area (Å²) in [6.07, 6.45) is 3.90. The molecule has 1 heterocycles. The number of rotatable bonds is 2. The van der Waals surface area contributed by atoms with Gasteiger partial charge in [0.2, 0.25) is 0 Å². The smallest absolute Gasteiger partial charge is 0.120 e. The van der Waals surface area contributed by atoms with E-state index in [0.29, 0.717) is 6.54 Å². The first-order chi connectivity index (χ1) is 6.81. The van der Waals surface area contributed by atoms with Gasteiger partial charge in [-0.3, -0.25) is 0 Å². The molecule has 72 valence electrons. The summed E-state index contributed by atoms with van der Waals surface area (Å²) in [6, 6.07) is 9.31. The van der Waals surface area contributed by atoms with Gasteiger partial charge in [-0.1, -0.05) is 0 Å². The number of phenolic OH excluding ortho intramolecular Hbond substituents is 1. The molecule has 0 saturated carbocycles. The van der Waals surface area contributed by atoms with E-state index in [4.69, 9.17) is 5.73 Å². The summed E-state index contributed by atoms with van der Waals surface area (Å²) in [4.78, 5) is 0. The average molecular weight is 188 g/mol. The number of nitrogens with two attached hydrogens (primary N) is 1. The quantitative estimate of drug-likeness (QED) is 0.752. The molecule has 0 aliphatic rings. The van der Waals surface area contributed by atoms with Crippen LogP contribution in [0.2, 0.25) is 0 Å². The van der Waals surface area contributed by atoms with Crippen LogP contribution >= 0.6 is 0 Å². The number of aromatic nitrogens is 1. The molecule has 0 unspecified atom stereocenters. The van der Waals surface area contributed by atoms with Gasteiger partial charge in [-0.05, 0) is 30.3 Å². The summed E-state index contributed by atoms with van der Waals surface area (Å²) >= 11 is 0. The van der Waals surface area contributed by atoms with Gasteiger partial charge in [-0.25, -0.2) is 0 Å². The molecule has 0 aliphatic heterocycles. The van der Waals surface area contributed by atoms with Gasteiger partial charge in [0, 0.05) is 30.2 Å². The van der Waals surface area contributed by atoms with E-state index in [0.717, 1.165) is 11.3 Å². The molecular weight excluding hydrogens is 176 g/mol. The van der Waals surface area contributed by atoms with E-state index in [1.165, 1.54) is 0 Å². The molecule has 14 heavy (non-hydrogen) atoms. The minimum atomic E-state index is 0.253. The van der Waals surface area contributed by atoms with Crippen LogP contribution in [0.5, 0.6) is 5.75 Å². The minimum absolute atomic E-state index is 0.253. The third kappa shape index (κ3) is 1.49. The number of hydrogen-bond donors (Lipinski definition) is 2. The highest BCUT2D eigenvalue weighted by atomic mass is 16.3. The molecule has 0 radical (unpaired) electrons. The predicted octanol–water partition coefficient (Wildman–Crippen LogP) is 1.64. The fraction of sp³-hybridized carbons (Fsp3) is 0.0909. The average Bonchev–Trinajstić information content (AvgIpc) is 2.71. The van der Waals surface area contributed by atoms with Crippen LogP contribution in [0.4, 0.5) is 0 Å². The van der Waals surface area contributed by atoms with Crippen molar-refractivity contribution in [1.29, 1.82) is 0 Å². The van der Waals surface area contributed by atoms with E-state index in [9.17, 15) is 5.11 Å². The molecule has 2 aromatic rings. The minimum Gasteiger partial charge on any atom is -0.508 e. The second-order valence-electron chi connectivity index (χ2n) is 3.11. The molecular formula is C11H12N2O. The van der Waals surface area contributed by atoms with Crippen LogP contribution in [0, 0.1) is 0 Å². The Morgan fingerprint density at radius 1 is 1.21 bits per heavy atom. The molecule has 1 aromatic heterocycles. The summed E-state index contributed by atoms with van der Waals surface area (Å²) in [6.45, 7) is 0.348. The van der Waals surface area contributed by atoms with Gasteiger partial charge in [0.1, 0.15) is 5.75 Å². The van der Waals surface area contributed by atoms with Crippen molar-refractivity contribution < 1.29 is 5.11 Å². The van der Waals surface area contributed by atoms with Gasteiger partial charge >= 0.3 is 0 Å². The van der Waals surface area contributed by atoms with Crippen LogP contribution in [-0.2, 0) is 6.54 Å². The van der Waals surface area contributed by atoms with Gasteiger partial charge in [-0.2, -0.15) is 0 Å². The van der Waals surface area contributed by atoms with E-state index in [1.54, 1.807) is 6.07 Å². The first-order valence-electron chi connectivity index (χ1n) is 4.46. The molecule has 3 heteroatoms. The van der Waals surface area contributed by atoms with Gasteiger partial charge < -0.3 is 15.4 Å². The molecule has 0 spiro atoms. The van der Waals surface area contributed by atoms with E-state index in [-0.39, 0.29) is 5.75 Å². The lowest BCUT2D eigenvalue weighted by atomic mass is 10.2. The van der Waals surface area contributed by atoms with E-state index in [2.05, 4.69) is 0 Å². The van der Waals surface area contributed by atoms with E-state index >= 15 is 0 Å². The van der Waals surface area contributed by atoms with Crippen molar-refractivity contribution in [1.82, 2.24) is 4.57 Å². The summed E-state index contributed by atoms with van der Waals surface area (Å²) < 4.78 is 1.97. The number of aromatic hydroxyl groups is 1. The maximum Gasteiger partial charge on any atom is 0.120 e. The van der Waals surface area contributed by atoms with Crippen molar-refractivity contribution in [2.24, 2.45) is 5.73 Å². The summed E-state index contributed by atoms with van der Waals surface area (Å²) in [5, 5.41) is 9.44. The van der Waals surface area contributed by atoms with Gasteiger partial charge in [-0.15, -0.1) is 0 Å².